The molecule has 0 bridgehead atoms. The summed E-state index contributed by atoms with van der Waals surface area (Å²) >= 11 is 0. The van der Waals surface area contributed by atoms with Gasteiger partial charge in [0, 0.05) is 18.7 Å². The zero-order chi connectivity index (χ0) is 13.7. The average molecular weight is 268 g/mol. The van der Waals surface area contributed by atoms with Gasteiger partial charge in [-0.15, -0.1) is 0 Å². The lowest BCUT2D eigenvalue weighted by atomic mass is 9.88. The van der Waals surface area contributed by atoms with Gasteiger partial charge in [0.25, 0.3) is 0 Å². The third kappa shape index (κ3) is 5.05. The normalized spacial score (nSPS) is 29.7. The first-order chi connectivity index (χ1) is 9.17. The second-order valence-electron chi connectivity index (χ2n) is 6.73. The number of hydrogen-bond acceptors (Lipinski definition) is 3. The third-order valence-corrected chi connectivity index (χ3v) is 4.48. The van der Waals surface area contributed by atoms with Crippen LogP contribution in [0.25, 0.3) is 0 Å². The van der Waals surface area contributed by atoms with E-state index in [0.717, 1.165) is 12.5 Å². The standard InChI is InChI=1S/C16H32N2O/c1-4-7-18-8-5-14(6-9-18)12-19-16-10-15(11-16)17-13(2)3/h13-17H,4-12H2,1-3H3/t15-,16-. The van der Waals surface area contributed by atoms with Crippen molar-refractivity contribution in [2.24, 2.45) is 5.92 Å². The molecule has 0 aromatic heterocycles. The molecule has 19 heavy (non-hydrogen) atoms. The van der Waals surface area contributed by atoms with Gasteiger partial charge >= 0.3 is 0 Å². The maximum Gasteiger partial charge on any atom is 0.0605 e. The van der Waals surface area contributed by atoms with E-state index in [0.29, 0.717) is 18.2 Å². The van der Waals surface area contributed by atoms with Crippen molar-refractivity contribution in [1.29, 1.82) is 0 Å². The Morgan fingerprint density at radius 2 is 1.89 bits per heavy atom. The molecular formula is C16H32N2O. The van der Waals surface area contributed by atoms with Crippen molar-refractivity contribution in [3.05, 3.63) is 0 Å². The summed E-state index contributed by atoms with van der Waals surface area (Å²) in [6.07, 6.45) is 6.92. The van der Waals surface area contributed by atoms with Crippen molar-refractivity contribution in [2.45, 2.75) is 71.1 Å². The van der Waals surface area contributed by atoms with Crippen LogP contribution >= 0.6 is 0 Å². The Morgan fingerprint density at radius 3 is 2.47 bits per heavy atom. The quantitative estimate of drug-likeness (QED) is 0.768. The Balaban J connectivity index is 1.51. The number of nitrogens with zero attached hydrogens (tertiary/aromatic N) is 1. The molecule has 2 aliphatic rings. The lowest BCUT2D eigenvalue weighted by molar-refractivity contribution is -0.0414. The highest BCUT2D eigenvalue weighted by molar-refractivity contribution is 4.87. The zero-order valence-corrected chi connectivity index (χ0v) is 13.0. The molecule has 0 aromatic rings. The molecule has 1 heterocycles. The molecule has 1 aliphatic heterocycles. The maximum absolute atomic E-state index is 6.07. The van der Waals surface area contributed by atoms with Gasteiger partial charge in [0.05, 0.1) is 6.10 Å². The van der Waals surface area contributed by atoms with Gasteiger partial charge in [0.15, 0.2) is 0 Å². The van der Waals surface area contributed by atoms with Gasteiger partial charge < -0.3 is 15.0 Å². The van der Waals surface area contributed by atoms with E-state index in [1.165, 1.54) is 51.7 Å². The van der Waals surface area contributed by atoms with Crippen molar-refractivity contribution in [2.75, 3.05) is 26.2 Å². The Hall–Kier alpha value is -0.120. The molecule has 1 saturated carbocycles. The summed E-state index contributed by atoms with van der Waals surface area (Å²) in [7, 11) is 0. The van der Waals surface area contributed by atoms with Crippen LogP contribution in [0.15, 0.2) is 0 Å². The van der Waals surface area contributed by atoms with E-state index >= 15 is 0 Å². The molecule has 3 heteroatoms. The van der Waals surface area contributed by atoms with E-state index in [9.17, 15) is 0 Å². The van der Waals surface area contributed by atoms with Gasteiger partial charge in [-0.3, -0.25) is 0 Å². The van der Waals surface area contributed by atoms with Gasteiger partial charge in [-0.1, -0.05) is 20.8 Å². The number of nitrogens with one attached hydrogen (secondary N) is 1. The SMILES string of the molecule is CCCN1CCC(CO[C@H]2C[C@H](NC(C)C)C2)CC1. The molecule has 112 valence electrons. The summed E-state index contributed by atoms with van der Waals surface area (Å²) < 4.78 is 6.07. The first kappa shape index (κ1) is 15.3. The largest absolute Gasteiger partial charge is 0.378 e. The fourth-order valence-corrected chi connectivity index (χ4v) is 3.27. The molecule has 1 saturated heterocycles. The second kappa shape index (κ2) is 7.61. The Bertz CT molecular complexity index is 243. The van der Waals surface area contributed by atoms with Crippen LogP contribution < -0.4 is 5.32 Å². The smallest absolute Gasteiger partial charge is 0.0605 e. The van der Waals surface area contributed by atoms with Crippen LogP contribution in [0.5, 0.6) is 0 Å². The number of hydrogen-bond donors (Lipinski definition) is 1. The molecule has 2 fully saturated rings. The lowest BCUT2D eigenvalue weighted by Crippen LogP contribution is -2.48. The summed E-state index contributed by atoms with van der Waals surface area (Å²) in [6, 6.07) is 1.31. The lowest BCUT2D eigenvalue weighted by Gasteiger charge is -2.38. The molecule has 1 N–H and O–H groups in total. The molecule has 2 rings (SSSR count). The van der Waals surface area contributed by atoms with Crippen molar-refractivity contribution >= 4 is 0 Å². The van der Waals surface area contributed by atoms with Gasteiger partial charge in [-0.05, 0) is 57.7 Å². The molecule has 0 aromatic carbocycles. The first-order valence-electron chi connectivity index (χ1n) is 8.27. The van der Waals surface area contributed by atoms with Crippen LogP contribution in [0.3, 0.4) is 0 Å². The van der Waals surface area contributed by atoms with Crippen molar-refractivity contribution in [3.63, 3.8) is 0 Å². The minimum absolute atomic E-state index is 0.532. The van der Waals surface area contributed by atoms with E-state index in [2.05, 4.69) is 31.0 Å². The fraction of sp³-hybridized carbons (Fsp3) is 1.00. The first-order valence-corrected chi connectivity index (χ1v) is 8.27. The molecule has 0 amide bonds. The average Bonchev–Trinajstić information content (AvgIpc) is 2.34. The van der Waals surface area contributed by atoms with Crippen LogP contribution in [0.4, 0.5) is 0 Å². The summed E-state index contributed by atoms with van der Waals surface area (Å²) in [5.74, 6) is 0.810. The Morgan fingerprint density at radius 1 is 1.21 bits per heavy atom. The predicted molar refractivity (Wildman–Crippen MR) is 80.5 cm³/mol. The highest BCUT2D eigenvalue weighted by Crippen LogP contribution is 2.26. The molecular weight excluding hydrogens is 236 g/mol. The molecule has 0 unspecified atom stereocenters. The summed E-state index contributed by atoms with van der Waals surface area (Å²) in [6.45, 7) is 11.6. The minimum atomic E-state index is 0.532. The molecule has 1 aliphatic carbocycles. The molecule has 0 spiro atoms. The van der Waals surface area contributed by atoms with E-state index in [1.54, 1.807) is 0 Å². The molecule has 3 nitrogen and oxygen atoms in total. The Kier molecular flexibility index (Phi) is 6.11. The van der Waals surface area contributed by atoms with Crippen LogP contribution in [0.2, 0.25) is 0 Å². The highest BCUT2D eigenvalue weighted by atomic mass is 16.5. The fourth-order valence-electron chi connectivity index (χ4n) is 3.27. The van der Waals surface area contributed by atoms with Crippen molar-refractivity contribution in [3.8, 4) is 0 Å². The summed E-state index contributed by atoms with van der Waals surface area (Å²) in [5, 5.41) is 3.58. The monoisotopic (exact) mass is 268 g/mol. The number of rotatable bonds is 7. The van der Waals surface area contributed by atoms with Crippen LogP contribution in [-0.4, -0.2) is 49.3 Å². The molecule has 0 atom stereocenters. The number of ether oxygens (including phenoxy) is 1. The summed E-state index contributed by atoms with van der Waals surface area (Å²) in [4.78, 5) is 2.60. The van der Waals surface area contributed by atoms with E-state index in [-0.39, 0.29) is 0 Å². The maximum atomic E-state index is 6.07. The van der Waals surface area contributed by atoms with Gasteiger partial charge in [-0.25, -0.2) is 0 Å². The highest BCUT2D eigenvalue weighted by Gasteiger charge is 2.30. The van der Waals surface area contributed by atoms with Crippen LogP contribution in [0, 0.1) is 5.92 Å². The number of likely N-dealkylation sites (tertiary alicyclic amines) is 1. The number of piperidine rings is 1. The Labute approximate surface area is 119 Å². The van der Waals surface area contributed by atoms with Crippen molar-refractivity contribution < 1.29 is 4.74 Å². The minimum Gasteiger partial charge on any atom is -0.378 e. The van der Waals surface area contributed by atoms with E-state index in [4.69, 9.17) is 4.74 Å². The van der Waals surface area contributed by atoms with Crippen LogP contribution in [-0.2, 0) is 4.74 Å². The topological polar surface area (TPSA) is 24.5 Å². The van der Waals surface area contributed by atoms with Gasteiger partial charge in [0.2, 0.25) is 0 Å². The van der Waals surface area contributed by atoms with E-state index in [1.807, 2.05) is 0 Å². The zero-order valence-electron chi connectivity index (χ0n) is 13.0. The van der Waals surface area contributed by atoms with Crippen molar-refractivity contribution in [1.82, 2.24) is 10.2 Å². The van der Waals surface area contributed by atoms with E-state index < -0.39 is 0 Å². The predicted octanol–water partition coefficient (Wildman–Crippen LogP) is 2.65. The van der Waals surface area contributed by atoms with Gasteiger partial charge in [0.1, 0.15) is 0 Å². The van der Waals surface area contributed by atoms with Crippen LogP contribution in [0.1, 0.15) is 52.9 Å². The third-order valence-electron chi connectivity index (χ3n) is 4.48. The second-order valence-corrected chi connectivity index (χ2v) is 6.73. The summed E-state index contributed by atoms with van der Waals surface area (Å²) in [5.41, 5.74) is 0. The molecule has 0 radical (unpaired) electrons. The van der Waals surface area contributed by atoms with Gasteiger partial charge in [-0.2, -0.15) is 0 Å².